The van der Waals surface area contributed by atoms with E-state index in [0.29, 0.717) is 41.4 Å². The van der Waals surface area contributed by atoms with Gasteiger partial charge in [-0.15, -0.1) is 0 Å². The van der Waals surface area contributed by atoms with Crippen LogP contribution in [0.4, 0.5) is 4.39 Å². The molecule has 1 atom stereocenters. The third-order valence-electron chi connectivity index (χ3n) is 4.99. The van der Waals surface area contributed by atoms with Crippen LogP contribution in [0.2, 0.25) is 0 Å². The number of methoxy groups -OCH3 is 2. The van der Waals surface area contributed by atoms with Gasteiger partial charge in [0, 0.05) is 24.0 Å². The molecule has 0 saturated heterocycles. The molecule has 32 heavy (non-hydrogen) atoms. The first-order chi connectivity index (χ1) is 15.5. The number of nitrogens with zero attached hydrogens (tertiary/aromatic N) is 2. The highest BCUT2D eigenvalue weighted by Crippen LogP contribution is 2.52. The van der Waals surface area contributed by atoms with E-state index in [2.05, 4.69) is 15.7 Å². The number of ether oxygens (including phenoxy) is 4. The molecule has 2 aliphatic heterocycles. The van der Waals surface area contributed by atoms with Gasteiger partial charge in [0.25, 0.3) is 0 Å². The van der Waals surface area contributed by atoms with Crippen LogP contribution in [0.15, 0.2) is 34.5 Å². The van der Waals surface area contributed by atoms with Crippen LogP contribution < -0.4 is 30.1 Å². The lowest BCUT2D eigenvalue weighted by Gasteiger charge is -2.19. The molecular formula is C21H21FN4O5S. The zero-order valence-electron chi connectivity index (χ0n) is 17.4. The van der Waals surface area contributed by atoms with Crippen LogP contribution in [-0.2, 0) is 11.3 Å². The molecule has 0 saturated carbocycles. The maximum atomic E-state index is 13.2. The first-order valence-electron chi connectivity index (χ1n) is 9.65. The number of halogens is 1. The van der Waals surface area contributed by atoms with Crippen molar-refractivity contribution < 1.29 is 28.2 Å². The summed E-state index contributed by atoms with van der Waals surface area (Å²) in [6.07, 6.45) is 2.14. The Balaban J connectivity index is 1.67. The summed E-state index contributed by atoms with van der Waals surface area (Å²) in [5.74, 6) is 1.46. The van der Waals surface area contributed by atoms with Crippen LogP contribution in [0.1, 0.15) is 23.1 Å². The van der Waals surface area contributed by atoms with E-state index in [-0.39, 0.29) is 23.8 Å². The fourth-order valence-corrected chi connectivity index (χ4v) is 3.68. The van der Waals surface area contributed by atoms with Gasteiger partial charge in [-0.1, -0.05) is 17.3 Å². The summed E-state index contributed by atoms with van der Waals surface area (Å²) in [4.78, 5) is 5.67. The standard InChI is InChI=1S/C21H21FN4O5S/c1-27-17-14(7-13-8-16(26-31-13)11-3-5-12(22)6-4-11)15(9-24-25-21(23)32)18(28-2)20-19(17)29-10-30-20/h3-6,9,13H,7-8,10H2,1-2H3,(H3,23,25,32). The van der Waals surface area contributed by atoms with E-state index in [1.807, 2.05) is 0 Å². The molecule has 1 unspecified atom stereocenters. The predicted molar refractivity (Wildman–Crippen MR) is 119 cm³/mol. The van der Waals surface area contributed by atoms with Crippen molar-refractivity contribution in [3.63, 3.8) is 0 Å². The van der Waals surface area contributed by atoms with Crippen LogP contribution in [-0.4, -0.2) is 44.2 Å². The maximum Gasteiger partial charge on any atom is 0.231 e. The van der Waals surface area contributed by atoms with Gasteiger partial charge in [-0.25, -0.2) is 4.39 Å². The lowest BCUT2D eigenvalue weighted by Crippen LogP contribution is -2.24. The molecule has 2 aliphatic rings. The molecule has 2 heterocycles. The second-order valence-electron chi connectivity index (χ2n) is 6.94. The summed E-state index contributed by atoms with van der Waals surface area (Å²) >= 11 is 4.81. The lowest BCUT2D eigenvalue weighted by molar-refractivity contribution is 0.0853. The minimum absolute atomic E-state index is 0.0194. The second-order valence-corrected chi connectivity index (χ2v) is 7.38. The maximum absolute atomic E-state index is 13.2. The van der Waals surface area contributed by atoms with E-state index in [9.17, 15) is 4.39 Å². The molecular weight excluding hydrogens is 439 g/mol. The van der Waals surface area contributed by atoms with Gasteiger partial charge < -0.3 is 29.5 Å². The normalized spacial score (nSPS) is 16.6. The van der Waals surface area contributed by atoms with Gasteiger partial charge in [-0.2, -0.15) is 5.10 Å². The van der Waals surface area contributed by atoms with E-state index >= 15 is 0 Å². The molecule has 4 rings (SSSR count). The number of nitrogens with one attached hydrogen (secondary N) is 1. The average Bonchev–Trinajstić information content (AvgIpc) is 3.44. The Bertz CT molecular complexity index is 1090. The fraction of sp³-hybridized carbons (Fsp3) is 0.286. The molecule has 3 N–H and O–H groups in total. The Morgan fingerprint density at radius 3 is 2.59 bits per heavy atom. The summed E-state index contributed by atoms with van der Waals surface area (Å²) in [5, 5.41) is 8.28. The number of hydrogen-bond donors (Lipinski definition) is 2. The van der Waals surface area contributed by atoms with Crippen molar-refractivity contribution in [3.05, 3.63) is 46.8 Å². The second kappa shape index (κ2) is 9.27. The van der Waals surface area contributed by atoms with E-state index in [1.54, 1.807) is 12.1 Å². The van der Waals surface area contributed by atoms with Crippen molar-refractivity contribution in [1.29, 1.82) is 0 Å². The van der Waals surface area contributed by atoms with Crippen LogP contribution in [0.5, 0.6) is 23.0 Å². The quantitative estimate of drug-likeness (QED) is 0.369. The summed E-state index contributed by atoms with van der Waals surface area (Å²) in [7, 11) is 3.06. The molecule has 0 aliphatic carbocycles. The Labute approximate surface area is 188 Å². The van der Waals surface area contributed by atoms with Gasteiger partial charge in [0.1, 0.15) is 11.9 Å². The molecule has 2 aromatic carbocycles. The Morgan fingerprint density at radius 1 is 1.25 bits per heavy atom. The first-order valence-corrected chi connectivity index (χ1v) is 10.1. The van der Waals surface area contributed by atoms with E-state index in [1.165, 1.54) is 32.6 Å². The Kier molecular flexibility index (Phi) is 6.26. The van der Waals surface area contributed by atoms with Crippen LogP contribution in [0, 0.1) is 5.82 Å². The highest BCUT2D eigenvalue weighted by atomic mass is 32.1. The van der Waals surface area contributed by atoms with Crippen molar-refractivity contribution in [2.45, 2.75) is 18.9 Å². The first kappa shape index (κ1) is 21.6. The van der Waals surface area contributed by atoms with Crippen molar-refractivity contribution in [3.8, 4) is 23.0 Å². The molecule has 0 spiro atoms. The number of fused-ring (bicyclic) bond motifs is 1. The van der Waals surface area contributed by atoms with Gasteiger partial charge in [0.05, 0.1) is 26.1 Å². The Morgan fingerprint density at radius 2 is 1.94 bits per heavy atom. The van der Waals surface area contributed by atoms with Gasteiger partial charge in [-0.3, -0.25) is 5.43 Å². The molecule has 11 heteroatoms. The fourth-order valence-electron chi connectivity index (χ4n) is 3.63. The highest BCUT2D eigenvalue weighted by molar-refractivity contribution is 7.80. The Hall–Kier alpha value is -3.60. The molecule has 0 radical (unpaired) electrons. The minimum atomic E-state index is -0.309. The molecule has 0 aromatic heterocycles. The monoisotopic (exact) mass is 460 g/mol. The average molecular weight is 460 g/mol. The number of nitrogens with two attached hydrogens (primary N) is 1. The molecule has 9 nitrogen and oxygen atoms in total. The van der Waals surface area contributed by atoms with Crippen LogP contribution in [0.25, 0.3) is 0 Å². The zero-order chi connectivity index (χ0) is 22.7. The SMILES string of the molecule is COc1c(C=NNC(N)=S)c(CC2CC(c3ccc(F)cc3)=NO2)c(OC)c2c1OCO2. The predicted octanol–water partition coefficient (Wildman–Crippen LogP) is 2.47. The number of thiocarbonyl (C=S) groups is 1. The van der Waals surface area contributed by atoms with Crippen molar-refractivity contribution >= 4 is 29.3 Å². The number of hydrogen-bond acceptors (Lipinski definition) is 8. The number of oxime groups is 1. The highest BCUT2D eigenvalue weighted by Gasteiger charge is 2.33. The topological polar surface area (TPSA) is 109 Å². The van der Waals surface area contributed by atoms with E-state index in [4.69, 9.17) is 41.7 Å². The molecule has 0 fully saturated rings. The summed E-state index contributed by atoms with van der Waals surface area (Å²) in [5.41, 5.74) is 10.8. The molecule has 0 amide bonds. The number of benzene rings is 2. The van der Waals surface area contributed by atoms with Crippen LogP contribution in [0.3, 0.4) is 0 Å². The van der Waals surface area contributed by atoms with E-state index in [0.717, 1.165) is 16.8 Å². The van der Waals surface area contributed by atoms with Crippen molar-refractivity contribution in [1.82, 2.24) is 5.43 Å². The van der Waals surface area contributed by atoms with Gasteiger partial charge in [0.15, 0.2) is 16.6 Å². The smallest absolute Gasteiger partial charge is 0.231 e. The third-order valence-corrected chi connectivity index (χ3v) is 5.08. The molecule has 0 bridgehead atoms. The summed E-state index contributed by atoms with van der Waals surface area (Å²) < 4.78 is 35.7. The van der Waals surface area contributed by atoms with Gasteiger partial charge >= 0.3 is 0 Å². The minimum Gasteiger partial charge on any atom is -0.492 e. The number of hydrazone groups is 1. The molecule has 168 valence electrons. The summed E-state index contributed by atoms with van der Waals surface area (Å²) in [6.45, 7) is 0.0327. The largest absolute Gasteiger partial charge is 0.492 e. The van der Waals surface area contributed by atoms with E-state index < -0.39 is 0 Å². The summed E-state index contributed by atoms with van der Waals surface area (Å²) in [6, 6.07) is 6.12. The molecule has 2 aromatic rings. The number of rotatable bonds is 7. The van der Waals surface area contributed by atoms with Crippen molar-refractivity contribution in [2.24, 2.45) is 16.0 Å². The lowest BCUT2D eigenvalue weighted by atomic mass is 9.95. The van der Waals surface area contributed by atoms with Crippen molar-refractivity contribution in [2.75, 3.05) is 21.0 Å². The van der Waals surface area contributed by atoms with Gasteiger partial charge in [-0.05, 0) is 29.9 Å². The zero-order valence-corrected chi connectivity index (χ0v) is 18.2. The van der Waals surface area contributed by atoms with Gasteiger partial charge in [0.2, 0.25) is 18.3 Å². The third kappa shape index (κ3) is 4.24. The van der Waals surface area contributed by atoms with Crippen LogP contribution >= 0.6 is 12.2 Å².